The van der Waals surface area contributed by atoms with E-state index in [1.807, 2.05) is 0 Å². The smallest absolute Gasteiger partial charge is 0.326 e. The van der Waals surface area contributed by atoms with Crippen molar-refractivity contribution >= 4 is 41.4 Å². The van der Waals surface area contributed by atoms with Crippen molar-refractivity contribution in [3.8, 4) is 5.75 Å². The van der Waals surface area contributed by atoms with Gasteiger partial charge in [0.05, 0.1) is 18.5 Å². The van der Waals surface area contributed by atoms with E-state index in [4.69, 9.17) is 22.9 Å². The average Bonchev–Trinajstić information content (AvgIpc) is 3.00. The van der Waals surface area contributed by atoms with Gasteiger partial charge in [0.25, 0.3) is 0 Å². The van der Waals surface area contributed by atoms with E-state index in [9.17, 15) is 44.1 Å². The van der Waals surface area contributed by atoms with Crippen LogP contribution >= 0.6 is 0 Å². The van der Waals surface area contributed by atoms with Gasteiger partial charge in [0, 0.05) is 25.3 Å². The number of aliphatic imine (C=N–C) groups is 1. The quantitative estimate of drug-likeness (QED) is 0.0366. The third-order valence-electron chi connectivity index (χ3n) is 7.52. The molecule has 0 radical (unpaired) electrons. The molecule has 3 unspecified atom stereocenters. The number of aliphatic carboxylic acids is 2. The molecule has 0 aliphatic carbocycles. The molecule has 0 fully saturated rings. The Morgan fingerprint density at radius 2 is 1.40 bits per heavy atom. The molecule has 14 N–H and O–H groups in total. The molecule has 48 heavy (non-hydrogen) atoms. The Balaban J connectivity index is 3.07. The summed E-state index contributed by atoms with van der Waals surface area (Å²) in [5, 5.41) is 36.1. The largest absolute Gasteiger partial charge is 0.508 e. The molecule has 0 saturated carbocycles. The molecule has 17 nitrogen and oxygen atoms in total. The number of nitrogens with two attached hydrogens (primary N) is 4. The fourth-order valence-corrected chi connectivity index (χ4v) is 4.72. The van der Waals surface area contributed by atoms with Crippen LogP contribution in [0.15, 0.2) is 29.3 Å². The molecular formula is C31H50N8O9. The van der Waals surface area contributed by atoms with Gasteiger partial charge in [-0.2, -0.15) is 0 Å². The fraction of sp³-hybridized carbons (Fsp3) is 0.581. The van der Waals surface area contributed by atoms with Gasteiger partial charge in [-0.3, -0.25) is 29.0 Å². The number of aromatic hydroxyl groups is 1. The lowest BCUT2D eigenvalue weighted by Gasteiger charge is -2.26. The van der Waals surface area contributed by atoms with Crippen LogP contribution in [-0.2, 0) is 35.2 Å². The van der Waals surface area contributed by atoms with E-state index >= 15 is 0 Å². The molecule has 0 aliphatic heterocycles. The first-order valence-electron chi connectivity index (χ1n) is 15.7. The Kier molecular flexibility index (Phi) is 18.2. The van der Waals surface area contributed by atoms with Crippen molar-refractivity contribution in [3.63, 3.8) is 0 Å². The minimum Gasteiger partial charge on any atom is -0.508 e. The zero-order valence-electron chi connectivity index (χ0n) is 27.4. The maximum absolute atomic E-state index is 13.4. The SMILES string of the molecule is CC(C)C(CC(=O)C(CC(=O)O)NC(=O)[C@H](CCCCN)NC(=O)[C@@H](N)CCCN=C(N)N)C(=O)NC(Cc1ccc(O)cc1)C(=O)O. The number of phenolic OH excluding ortho intramolecular Hbond substituents is 1. The zero-order valence-corrected chi connectivity index (χ0v) is 27.4. The van der Waals surface area contributed by atoms with Gasteiger partial charge < -0.3 is 54.2 Å². The van der Waals surface area contributed by atoms with Crippen LogP contribution in [0.5, 0.6) is 5.75 Å². The van der Waals surface area contributed by atoms with E-state index in [1.54, 1.807) is 13.8 Å². The van der Waals surface area contributed by atoms with Crippen LogP contribution < -0.4 is 38.9 Å². The molecule has 5 atom stereocenters. The molecule has 0 saturated heterocycles. The van der Waals surface area contributed by atoms with Gasteiger partial charge in [-0.1, -0.05) is 26.0 Å². The van der Waals surface area contributed by atoms with Gasteiger partial charge in [0.15, 0.2) is 11.7 Å². The highest BCUT2D eigenvalue weighted by atomic mass is 16.4. The maximum atomic E-state index is 13.4. The summed E-state index contributed by atoms with van der Waals surface area (Å²) in [6.45, 7) is 3.85. The lowest BCUT2D eigenvalue weighted by Crippen LogP contribution is -2.55. The number of guanidine groups is 1. The summed E-state index contributed by atoms with van der Waals surface area (Å²) in [6.07, 6.45) is 0.263. The van der Waals surface area contributed by atoms with Gasteiger partial charge in [-0.05, 0) is 62.3 Å². The van der Waals surface area contributed by atoms with Crippen molar-refractivity contribution in [3.05, 3.63) is 29.8 Å². The molecule has 1 aromatic carbocycles. The van der Waals surface area contributed by atoms with Crippen LogP contribution in [-0.4, -0.2) is 94.0 Å². The lowest BCUT2D eigenvalue weighted by molar-refractivity contribution is -0.144. The summed E-state index contributed by atoms with van der Waals surface area (Å²) < 4.78 is 0. The fourth-order valence-electron chi connectivity index (χ4n) is 4.72. The second kappa shape index (κ2) is 21.2. The average molecular weight is 679 g/mol. The number of benzene rings is 1. The van der Waals surface area contributed by atoms with Crippen molar-refractivity contribution in [2.45, 2.75) is 89.4 Å². The van der Waals surface area contributed by atoms with E-state index < -0.39 is 84.3 Å². The monoisotopic (exact) mass is 678 g/mol. The Morgan fingerprint density at radius 1 is 0.792 bits per heavy atom. The van der Waals surface area contributed by atoms with Crippen LogP contribution in [0, 0.1) is 11.8 Å². The molecular weight excluding hydrogens is 628 g/mol. The van der Waals surface area contributed by atoms with Crippen molar-refractivity contribution in [2.24, 2.45) is 39.8 Å². The molecule has 0 aliphatic rings. The van der Waals surface area contributed by atoms with E-state index in [2.05, 4.69) is 20.9 Å². The Hall–Kier alpha value is -4.77. The Labute approximate surface area is 279 Å². The number of nitrogens with one attached hydrogen (secondary N) is 3. The van der Waals surface area contributed by atoms with Crippen molar-refractivity contribution in [1.82, 2.24) is 16.0 Å². The number of hydrogen-bond acceptors (Lipinski definition) is 10. The second-order valence-electron chi connectivity index (χ2n) is 11.9. The molecule has 0 spiro atoms. The third-order valence-corrected chi connectivity index (χ3v) is 7.52. The van der Waals surface area contributed by atoms with Gasteiger partial charge >= 0.3 is 11.9 Å². The number of carbonyl (C=O) groups excluding carboxylic acids is 4. The van der Waals surface area contributed by atoms with Gasteiger partial charge in [-0.25, -0.2) is 4.79 Å². The highest BCUT2D eigenvalue weighted by molar-refractivity contribution is 5.97. The number of amides is 3. The number of carboxylic acids is 2. The summed E-state index contributed by atoms with van der Waals surface area (Å²) >= 11 is 0. The van der Waals surface area contributed by atoms with Crippen LogP contribution in [0.25, 0.3) is 0 Å². The number of rotatable bonds is 23. The highest BCUT2D eigenvalue weighted by Gasteiger charge is 2.34. The Bertz CT molecular complexity index is 1270. The van der Waals surface area contributed by atoms with Crippen LogP contribution in [0.2, 0.25) is 0 Å². The minimum absolute atomic E-state index is 0.0140. The molecule has 1 rings (SSSR count). The summed E-state index contributed by atoms with van der Waals surface area (Å²) in [5.41, 5.74) is 22.7. The summed E-state index contributed by atoms with van der Waals surface area (Å²) in [4.78, 5) is 80.3. The topological polar surface area (TPSA) is 316 Å². The van der Waals surface area contributed by atoms with E-state index in [0.29, 0.717) is 31.4 Å². The molecule has 0 aromatic heterocycles. The van der Waals surface area contributed by atoms with E-state index in [0.717, 1.165) is 0 Å². The first kappa shape index (κ1) is 41.3. The van der Waals surface area contributed by atoms with Crippen molar-refractivity contribution in [2.75, 3.05) is 13.1 Å². The third kappa shape index (κ3) is 15.7. The molecule has 3 amide bonds. The standard InChI is InChI=1S/C31H50N8O9/c1-17(2)20(27(44)39-24(30(47)48)14-18-8-10-19(40)11-9-18)15-25(41)23(16-26(42)43)38-29(46)22(7-3-4-12-32)37-28(45)21(33)6-5-13-36-31(34)35/h8-11,17,20-24,40H,3-7,12-16,32-33H2,1-2H3,(H,37,45)(H,38,46)(H,39,44)(H,42,43)(H,47,48)(H4,34,35,36)/t20?,21-,22-,23?,24?/m0/s1. The van der Waals surface area contributed by atoms with Crippen molar-refractivity contribution in [1.29, 1.82) is 0 Å². The van der Waals surface area contributed by atoms with Crippen LogP contribution in [0.4, 0.5) is 0 Å². The summed E-state index contributed by atoms with van der Waals surface area (Å²) in [5.74, 6) is -7.37. The van der Waals surface area contributed by atoms with E-state index in [1.165, 1.54) is 24.3 Å². The predicted octanol–water partition coefficient (Wildman–Crippen LogP) is -1.31. The number of hydrogen-bond donors (Lipinski definition) is 10. The number of phenols is 1. The van der Waals surface area contributed by atoms with Crippen LogP contribution in [0.3, 0.4) is 0 Å². The second-order valence-corrected chi connectivity index (χ2v) is 11.9. The molecule has 1 aromatic rings. The van der Waals surface area contributed by atoms with E-state index in [-0.39, 0.29) is 37.5 Å². The molecule has 17 heteroatoms. The van der Waals surface area contributed by atoms with Gasteiger partial charge in [-0.15, -0.1) is 0 Å². The van der Waals surface area contributed by atoms with Crippen molar-refractivity contribution < 1.29 is 44.1 Å². The number of Topliss-reactive ketones (excluding diaryl/α,β-unsaturated/α-hetero) is 1. The summed E-state index contributed by atoms with van der Waals surface area (Å²) in [7, 11) is 0. The number of unbranched alkanes of at least 4 members (excludes halogenated alkanes) is 1. The first-order valence-corrected chi connectivity index (χ1v) is 15.7. The summed E-state index contributed by atoms with van der Waals surface area (Å²) in [6, 6.07) is 0.683. The van der Waals surface area contributed by atoms with Gasteiger partial charge in [0.2, 0.25) is 17.7 Å². The normalized spacial score (nSPS) is 14.1. The number of nitrogens with zero attached hydrogens (tertiary/aromatic N) is 1. The highest BCUT2D eigenvalue weighted by Crippen LogP contribution is 2.19. The number of carboxylic acid groups (broad SMARTS) is 2. The maximum Gasteiger partial charge on any atom is 0.326 e. The molecule has 268 valence electrons. The molecule has 0 heterocycles. The number of carbonyl (C=O) groups is 6. The van der Waals surface area contributed by atoms with Gasteiger partial charge in [0.1, 0.15) is 17.8 Å². The zero-order chi connectivity index (χ0) is 36.4. The Morgan fingerprint density at radius 3 is 1.94 bits per heavy atom. The minimum atomic E-state index is -1.56. The number of ketones is 1. The predicted molar refractivity (Wildman–Crippen MR) is 176 cm³/mol. The van der Waals surface area contributed by atoms with Crippen LogP contribution in [0.1, 0.15) is 64.4 Å². The first-order chi connectivity index (χ1) is 22.5. The lowest BCUT2D eigenvalue weighted by atomic mass is 9.87. The molecule has 0 bridgehead atoms.